The fourth-order valence-corrected chi connectivity index (χ4v) is 7.45. The molecule has 228 valence electrons. The molecule has 0 unspecified atom stereocenters. The average molecular weight is 596 g/mol. The van der Waals surface area contributed by atoms with Crippen molar-refractivity contribution in [1.82, 2.24) is 14.8 Å². The highest BCUT2D eigenvalue weighted by Crippen LogP contribution is 2.44. The molecule has 9 nitrogen and oxygen atoms in total. The molecule has 3 fully saturated rings. The molecular weight excluding hydrogens is 550 g/mol. The van der Waals surface area contributed by atoms with Crippen molar-refractivity contribution in [2.45, 2.75) is 66.0 Å². The number of carbonyl (C=O) groups excluding carboxylic acids is 3. The fraction of sp³-hybridized carbons (Fsp3) is 0.625. The summed E-state index contributed by atoms with van der Waals surface area (Å²) in [5, 5.41) is 3.00. The summed E-state index contributed by atoms with van der Waals surface area (Å²) in [6.07, 6.45) is 0.171. The lowest BCUT2D eigenvalue weighted by Gasteiger charge is -2.33. The lowest BCUT2D eigenvalue weighted by atomic mass is 9.78. The minimum Gasteiger partial charge on any atom is -0.367 e. The molecule has 4 heterocycles. The third-order valence-corrected chi connectivity index (χ3v) is 9.85. The van der Waals surface area contributed by atoms with Crippen molar-refractivity contribution < 1.29 is 19.1 Å². The van der Waals surface area contributed by atoms with Crippen molar-refractivity contribution in [1.29, 1.82) is 0 Å². The Balaban J connectivity index is 1.53. The molecule has 0 aliphatic carbocycles. The normalized spacial score (nSPS) is 24.3. The van der Waals surface area contributed by atoms with Gasteiger partial charge in [0.05, 0.1) is 17.7 Å². The van der Waals surface area contributed by atoms with Crippen molar-refractivity contribution in [3.05, 3.63) is 34.7 Å². The molecule has 42 heavy (non-hydrogen) atoms. The second-order valence-electron chi connectivity index (χ2n) is 14.4. The van der Waals surface area contributed by atoms with E-state index in [4.69, 9.17) is 15.5 Å². The number of fused-ring (bicyclic) bond motifs is 1. The number of primary amides is 1. The highest BCUT2D eigenvalue weighted by molar-refractivity contribution is 7.14. The molecule has 2 amide bonds. The zero-order valence-corrected chi connectivity index (χ0v) is 26.8. The van der Waals surface area contributed by atoms with Crippen molar-refractivity contribution in [2.24, 2.45) is 22.5 Å². The van der Waals surface area contributed by atoms with Crippen molar-refractivity contribution >= 4 is 34.1 Å². The van der Waals surface area contributed by atoms with E-state index in [1.807, 2.05) is 17.5 Å². The van der Waals surface area contributed by atoms with Gasteiger partial charge in [-0.2, -0.15) is 0 Å². The molecular formula is C32H45N5O4S. The zero-order chi connectivity index (χ0) is 30.6. The van der Waals surface area contributed by atoms with Crippen LogP contribution in [0.1, 0.15) is 69.8 Å². The molecule has 3 saturated heterocycles. The minimum atomic E-state index is -0.657. The number of likely N-dealkylation sites (N-methyl/N-ethyl adjacent to an activating group) is 1. The lowest BCUT2D eigenvalue weighted by Crippen LogP contribution is -2.45. The number of aromatic nitrogens is 1. The summed E-state index contributed by atoms with van der Waals surface area (Å²) in [6, 6.07) is 4.90. The summed E-state index contributed by atoms with van der Waals surface area (Å²) in [6.45, 7) is 16.9. The summed E-state index contributed by atoms with van der Waals surface area (Å²) >= 11 is 1.60. The van der Waals surface area contributed by atoms with Gasteiger partial charge in [-0.1, -0.05) is 47.6 Å². The van der Waals surface area contributed by atoms with Gasteiger partial charge >= 0.3 is 0 Å². The van der Waals surface area contributed by atoms with Crippen LogP contribution >= 0.6 is 11.3 Å². The quantitative estimate of drug-likeness (QED) is 0.537. The van der Waals surface area contributed by atoms with E-state index in [1.165, 1.54) is 0 Å². The molecule has 2 N–H and O–H groups in total. The zero-order valence-electron chi connectivity index (χ0n) is 26.0. The largest absolute Gasteiger partial charge is 0.367 e. The molecule has 5 rings (SSSR count). The maximum absolute atomic E-state index is 14.6. The van der Waals surface area contributed by atoms with E-state index in [2.05, 4.69) is 58.4 Å². The van der Waals surface area contributed by atoms with Gasteiger partial charge in [-0.15, -0.1) is 11.3 Å². The molecule has 0 radical (unpaired) electrons. The Kier molecular flexibility index (Phi) is 8.28. The SMILES string of the molecule is CN1CCN(c2nc(-c3ccc(C(N)=O)c([C@H](CC(C)(C)C)C(=O)N4C[C@H](C(C)(C)C)[C@H]5OCC(=O)[C@H]54)c3)cs2)CC1. The second kappa shape index (κ2) is 11.4. The first-order chi connectivity index (χ1) is 19.6. The first kappa shape index (κ1) is 30.6. The number of piperazine rings is 1. The number of ether oxygens (including phenoxy) is 1. The molecule has 0 saturated carbocycles. The summed E-state index contributed by atoms with van der Waals surface area (Å²) in [4.78, 5) is 51.7. The average Bonchev–Trinajstić information content (AvgIpc) is 3.63. The Bertz CT molecular complexity index is 1350. The maximum atomic E-state index is 14.6. The van der Waals surface area contributed by atoms with Crippen LogP contribution in [0.25, 0.3) is 11.3 Å². The van der Waals surface area contributed by atoms with Crippen LogP contribution < -0.4 is 10.6 Å². The Hall–Kier alpha value is -2.82. The number of anilines is 1. The van der Waals surface area contributed by atoms with Gasteiger partial charge in [0.1, 0.15) is 12.6 Å². The molecule has 1 aromatic heterocycles. The molecule has 3 aliphatic rings. The molecule has 0 bridgehead atoms. The van der Waals surface area contributed by atoms with Crippen molar-refractivity contribution in [2.75, 3.05) is 51.3 Å². The number of thiazole rings is 1. The third-order valence-electron chi connectivity index (χ3n) is 8.95. The predicted octanol–water partition coefficient (Wildman–Crippen LogP) is 4.02. The summed E-state index contributed by atoms with van der Waals surface area (Å²) in [5.74, 6) is -1.42. The van der Waals surface area contributed by atoms with Crippen LogP contribution in [0.5, 0.6) is 0 Å². The molecule has 1 aromatic carbocycles. The molecule has 0 spiro atoms. The van der Waals surface area contributed by atoms with Gasteiger partial charge in [0.2, 0.25) is 11.8 Å². The van der Waals surface area contributed by atoms with Crippen molar-refractivity contribution in [3.8, 4) is 11.3 Å². The van der Waals surface area contributed by atoms with Gasteiger partial charge in [0, 0.05) is 55.1 Å². The smallest absolute Gasteiger partial charge is 0.249 e. The second-order valence-corrected chi connectivity index (χ2v) is 15.3. The van der Waals surface area contributed by atoms with Crippen LogP contribution in [-0.2, 0) is 14.3 Å². The number of nitrogens with two attached hydrogens (primary N) is 1. The van der Waals surface area contributed by atoms with Crippen LogP contribution in [0.15, 0.2) is 23.6 Å². The number of rotatable bonds is 6. The van der Waals surface area contributed by atoms with E-state index >= 15 is 0 Å². The fourth-order valence-electron chi connectivity index (χ4n) is 6.57. The molecule has 3 aliphatic heterocycles. The Morgan fingerprint density at radius 2 is 1.81 bits per heavy atom. The summed E-state index contributed by atoms with van der Waals surface area (Å²) in [5.41, 5.74) is 8.08. The Morgan fingerprint density at radius 3 is 2.43 bits per heavy atom. The topological polar surface area (TPSA) is 109 Å². The minimum absolute atomic E-state index is 0.0249. The van der Waals surface area contributed by atoms with E-state index in [-0.39, 0.29) is 41.1 Å². The summed E-state index contributed by atoms with van der Waals surface area (Å²) < 4.78 is 5.96. The van der Waals surface area contributed by atoms with Crippen LogP contribution in [0, 0.1) is 16.7 Å². The van der Waals surface area contributed by atoms with E-state index < -0.39 is 17.9 Å². The first-order valence-corrected chi connectivity index (χ1v) is 15.8. The number of ketones is 1. The van der Waals surface area contributed by atoms with Crippen LogP contribution in [-0.4, -0.2) is 90.9 Å². The van der Waals surface area contributed by atoms with Gasteiger partial charge in [-0.3, -0.25) is 14.4 Å². The van der Waals surface area contributed by atoms with Gasteiger partial charge in [0.15, 0.2) is 10.9 Å². The van der Waals surface area contributed by atoms with E-state index in [1.54, 1.807) is 22.3 Å². The Labute approximate surface area is 253 Å². The van der Waals surface area contributed by atoms with Gasteiger partial charge < -0.3 is 25.2 Å². The highest BCUT2D eigenvalue weighted by atomic mass is 32.1. The van der Waals surface area contributed by atoms with Gasteiger partial charge in [-0.25, -0.2) is 4.98 Å². The molecule has 10 heteroatoms. The van der Waals surface area contributed by atoms with Gasteiger partial charge in [0.25, 0.3) is 0 Å². The van der Waals surface area contributed by atoms with Crippen LogP contribution in [0.2, 0.25) is 0 Å². The number of hydrogen-bond donors (Lipinski definition) is 1. The summed E-state index contributed by atoms with van der Waals surface area (Å²) in [7, 11) is 2.13. The predicted molar refractivity (Wildman–Crippen MR) is 166 cm³/mol. The first-order valence-electron chi connectivity index (χ1n) is 14.9. The Morgan fingerprint density at radius 1 is 1.12 bits per heavy atom. The monoisotopic (exact) mass is 595 g/mol. The van der Waals surface area contributed by atoms with Crippen molar-refractivity contribution in [3.63, 3.8) is 0 Å². The van der Waals surface area contributed by atoms with E-state index in [0.29, 0.717) is 24.1 Å². The standard InChI is InChI=1S/C32H45N5O4S/c1-31(2,3)15-22(29(40)37-16-23(32(4,5)6)27-26(37)25(38)17-41-27)21-14-19(8-9-20(21)28(33)39)24-18-42-30(34-24)36-12-10-35(7)11-13-36/h8-9,14,18,22-23,26-27H,10-13,15-17H2,1-7H3,(H2,33,39)/t22-,23-,26+,27+/m0/s1. The molecule has 2 aromatic rings. The highest BCUT2D eigenvalue weighted by Gasteiger charge is 2.56. The number of Topliss-reactive ketones (excluding diaryl/α,β-unsaturated/α-hetero) is 1. The number of hydrogen-bond acceptors (Lipinski definition) is 8. The number of carbonyl (C=O) groups is 3. The van der Waals surface area contributed by atoms with Crippen LogP contribution in [0.3, 0.4) is 0 Å². The lowest BCUT2D eigenvalue weighted by molar-refractivity contribution is -0.138. The third kappa shape index (κ3) is 6.12. The van der Waals surface area contributed by atoms with E-state index in [0.717, 1.165) is 42.6 Å². The number of nitrogens with zero attached hydrogens (tertiary/aromatic N) is 4. The molecule has 4 atom stereocenters. The van der Waals surface area contributed by atoms with Gasteiger partial charge in [-0.05, 0) is 42.0 Å². The maximum Gasteiger partial charge on any atom is 0.249 e. The number of benzene rings is 1. The van der Waals surface area contributed by atoms with E-state index in [9.17, 15) is 14.4 Å². The number of likely N-dealkylation sites (tertiary alicyclic amines) is 1. The number of amides is 2. The van der Waals surface area contributed by atoms with Crippen LogP contribution in [0.4, 0.5) is 5.13 Å².